The number of likely N-dealkylation sites (tertiary alicyclic amines) is 1. The van der Waals surface area contributed by atoms with Crippen LogP contribution in [0.1, 0.15) is 16.8 Å². The van der Waals surface area contributed by atoms with Crippen molar-refractivity contribution in [2.24, 2.45) is 0 Å². The SMILES string of the molecule is COC1CC(C(=O)O)N(C(=O)c2csc([N+](=O)[O-])c2)C1. The molecule has 1 aliphatic heterocycles. The maximum Gasteiger partial charge on any atom is 0.326 e. The maximum absolute atomic E-state index is 12.3. The van der Waals surface area contributed by atoms with Crippen LogP contribution >= 0.6 is 11.3 Å². The van der Waals surface area contributed by atoms with Crippen molar-refractivity contribution in [3.05, 3.63) is 27.1 Å². The van der Waals surface area contributed by atoms with Crippen LogP contribution in [-0.2, 0) is 9.53 Å². The van der Waals surface area contributed by atoms with Gasteiger partial charge < -0.3 is 14.7 Å². The molecule has 9 heteroatoms. The van der Waals surface area contributed by atoms with Crippen molar-refractivity contribution in [1.29, 1.82) is 0 Å². The van der Waals surface area contributed by atoms with Crippen molar-refractivity contribution in [3.63, 3.8) is 0 Å². The highest BCUT2D eigenvalue weighted by Gasteiger charge is 2.40. The second-order valence-electron chi connectivity index (χ2n) is 4.34. The summed E-state index contributed by atoms with van der Waals surface area (Å²) in [6.07, 6.45) is -0.127. The van der Waals surface area contributed by atoms with Gasteiger partial charge in [0.25, 0.3) is 5.91 Å². The van der Waals surface area contributed by atoms with E-state index in [4.69, 9.17) is 9.84 Å². The van der Waals surface area contributed by atoms with Crippen LogP contribution in [0.25, 0.3) is 0 Å². The first kappa shape index (κ1) is 14.4. The van der Waals surface area contributed by atoms with E-state index in [1.165, 1.54) is 17.4 Å². The highest BCUT2D eigenvalue weighted by atomic mass is 32.1. The van der Waals surface area contributed by atoms with Crippen LogP contribution in [0.2, 0.25) is 0 Å². The summed E-state index contributed by atoms with van der Waals surface area (Å²) in [6, 6.07) is 0.192. The number of carboxylic acid groups (broad SMARTS) is 1. The van der Waals surface area contributed by atoms with E-state index in [0.717, 1.165) is 17.4 Å². The third kappa shape index (κ3) is 2.63. The second kappa shape index (κ2) is 5.55. The van der Waals surface area contributed by atoms with Gasteiger partial charge in [-0.05, 0) is 0 Å². The molecule has 1 aromatic rings. The number of nitro groups is 1. The molecule has 1 fully saturated rings. The van der Waals surface area contributed by atoms with E-state index < -0.39 is 22.8 Å². The number of aliphatic carboxylic acids is 1. The maximum atomic E-state index is 12.3. The molecule has 2 atom stereocenters. The molecule has 0 saturated carbocycles. The molecule has 1 saturated heterocycles. The van der Waals surface area contributed by atoms with E-state index in [-0.39, 0.29) is 29.6 Å². The molecule has 0 spiro atoms. The van der Waals surface area contributed by atoms with Gasteiger partial charge in [-0.25, -0.2) is 4.79 Å². The average molecular weight is 300 g/mol. The summed E-state index contributed by atoms with van der Waals surface area (Å²) in [5, 5.41) is 20.9. The van der Waals surface area contributed by atoms with Crippen LogP contribution in [0.4, 0.5) is 5.00 Å². The number of ether oxygens (including phenoxy) is 1. The topological polar surface area (TPSA) is 110 Å². The largest absolute Gasteiger partial charge is 0.480 e. The normalized spacial score (nSPS) is 21.9. The average Bonchev–Trinajstić information content (AvgIpc) is 3.04. The number of methoxy groups -OCH3 is 1. The summed E-state index contributed by atoms with van der Waals surface area (Å²) >= 11 is 0.836. The third-order valence-electron chi connectivity index (χ3n) is 3.15. The molecule has 0 aromatic carbocycles. The quantitative estimate of drug-likeness (QED) is 0.655. The lowest BCUT2D eigenvalue weighted by molar-refractivity contribution is -0.380. The zero-order valence-corrected chi connectivity index (χ0v) is 11.3. The van der Waals surface area contributed by atoms with Gasteiger partial charge in [-0.3, -0.25) is 14.9 Å². The van der Waals surface area contributed by atoms with Crippen LogP contribution in [-0.4, -0.2) is 52.6 Å². The Balaban J connectivity index is 2.21. The van der Waals surface area contributed by atoms with Gasteiger partial charge in [0.2, 0.25) is 0 Å². The van der Waals surface area contributed by atoms with Crippen molar-refractivity contribution < 1.29 is 24.4 Å². The van der Waals surface area contributed by atoms with Crippen molar-refractivity contribution in [3.8, 4) is 0 Å². The zero-order chi connectivity index (χ0) is 14.9. The molecule has 0 bridgehead atoms. The van der Waals surface area contributed by atoms with Gasteiger partial charge >= 0.3 is 11.0 Å². The Morgan fingerprint density at radius 2 is 2.30 bits per heavy atom. The summed E-state index contributed by atoms with van der Waals surface area (Å²) in [7, 11) is 1.45. The lowest BCUT2D eigenvalue weighted by Gasteiger charge is -2.20. The van der Waals surface area contributed by atoms with Crippen LogP contribution < -0.4 is 0 Å². The molecule has 2 rings (SSSR count). The van der Waals surface area contributed by atoms with Gasteiger partial charge in [0, 0.05) is 31.5 Å². The van der Waals surface area contributed by atoms with E-state index >= 15 is 0 Å². The number of thiophene rings is 1. The molecule has 2 heterocycles. The summed E-state index contributed by atoms with van der Waals surface area (Å²) in [6.45, 7) is 0.163. The third-order valence-corrected chi connectivity index (χ3v) is 4.03. The molecule has 108 valence electrons. The molecular formula is C11H12N2O6S. The Morgan fingerprint density at radius 3 is 2.80 bits per heavy atom. The second-order valence-corrected chi connectivity index (χ2v) is 5.23. The Bertz CT molecular complexity index is 557. The van der Waals surface area contributed by atoms with Crippen LogP contribution in [0, 0.1) is 10.1 Å². The fraction of sp³-hybridized carbons (Fsp3) is 0.455. The first-order chi connectivity index (χ1) is 9.43. The van der Waals surface area contributed by atoms with E-state index in [2.05, 4.69) is 0 Å². The van der Waals surface area contributed by atoms with E-state index in [1.54, 1.807) is 0 Å². The highest BCUT2D eigenvalue weighted by molar-refractivity contribution is 7.13. The molecule has 1 N–H and O–H groups in total. The first-order valence-corrected chi connectivity index (χ1v) is 6.61. The minimum Gasteiger partial charge on any atom is -0.480 e. The van der Waals surface area contributed by atoms with Crippen LogP contribution in [0.5, 0.6) is 0 Å². The Labute approximate surface area is 117 Å². The monoisotopic (exact) mass is 300 g/mol. The molecule has 1 aromatic heterocycles. The molecule has 1 aliphatic rings. The lowest BCUT2D eigenvalue weighted by atomic mass is 10.2. The zero-order valence-electron chi connectivity index (χ0n) is 10.5. The van der Waals surface area contributed by atoms with Crippen LogP contribution in [0.15, 0.2) is 11.4 Å². The Morgan fingerprint density at radius 1 is 1.60 bits per heavy atom. The predicted molar refractivity (Wildman–Crippen MR) is 68.8 cm³/mol. The van der Waals surface area contributed by atoms with E-state index in [1.807, 2.05) is 0 Å². The fourth-order valence-corrected chi connectivity index (χ4v) is 2.82. The number of amides is 1. The van der Waals surface area contributed by atoms with Crippen molar-refractivity contribution in [2.75, 3.05) is 13.7 Å². The minimum absolute atomic E-state index is 0.129. The summed E-state index contributed by atoms with van der Waals surface area (Å²) < 4.78 is 5.09. The number of hydrogen-bond donors (Lipinski definition) is 1. The highest BCUT2D eigenvalue weighted by Crippen LogP contribution is 2.27. The molecule has 2 unspecified atom stereocenters. The van der Waals surface area contributed by atoms with Crippen molar-refractivity contribution in [1.82, 2.24) is 4.90 Å². The molecule has 0 radical (unpaired) electrons. The van der Waals surface area contributed by atoms with Gasteiger partial charge in [-0.1, -0.05) is 11.3 Å². The Kier molecular flexibility index (Phi) is 4.00. The number of carbonyl (C=O) groups is 2. The molecule has 0 aliphatic carbocycles. The summed E-state index contributed by atoms with van der Waals surface area (Å²) in [5.41, 5.74) is 0.129. The van der Waals surface area contributed by atoms with Gasteiger partial charge in [-0.15, -0.1) is 0 Å². The molecular weight excluding hydrogens is 288 g/mol. The van der Waals surface area contributed by atoms with Crippen molar-refractivity contribution in [2.45, 2.75) is 18.6 Å². The summed E-state index contributed by atoms with van der Waals surface area (Å²) in [5.74, 6) is -1.64. The Hall–Kier alpha value is -2.00. The minimum atomic E-state index is -1.11. The lowest BCUT2D eigenvalue weighted by Crippen LogP contribution is -2.40. The fourth-order valence-electron chi connectivity index (χ4n) is 2.13. The van der Waals surface area contributed by atoms with Crippen LogP contribution in [0.3, 0.4) is 0 Å². The number of carbonyl (C=O) groups excluding carboxylic acids is 1. The molecule has 20 heavy (non-hydrogen) atoms. The summed E-state index contributed by atoms with van der Waals surface area (Å²) in [4.78, 5) is 34.6. The number of hydrogen-bond acceptors (Lipinski definition) is 6. The number of carboxylic acids is 1. The van der Waals surface area contributed by atoms with Gasteiger partial charge in [0.1, 0.15) is 6.04 Å². The predicted octanol–water partition coefficient (Wildman–Crippen LogP) is 0.970. The van der Waals surface area contributed by atoms with Gasteiger partial charge in [0.05, 0.1) is 16.6 Å². The van der Waals surface area contributed by atoms with Crippen molar-refractivity contribution >= 4 is 28.2 Å². The van der Waals surface area contributed by atoms with E-state index in [9.17, 15) is 19.7 Å². The van der Waals surface area contributed by atoms with E-state index in [0.29, 0.717) is 0 Å². The number of rotatable bonds is 4. The molecule has 1 amide bonds. The van der Waals surface area contributed by atoms with Gasteiger partial charge in [0.15, 0.2) is 0 Å². The standard InChI is InChI=1S/C11H12N2O6S/c1-19-7-3-8(11(15)16)12(4-7)10(14)6-2-9(13(17)18)20-5-6/h2,5,7-8H,3-4H2,1H3,(H,15,16). The molecule has 8 nitrogen and oxygen atoms in total. The van der Waals surface area contributed by atoms with Gasteiger partial charge in [-0.2, -0.15) is 0 Å². The smallest absolute Gasteiger partial charge is 0.326 e. The first-order valence-electron chi connectivity index (χ1n) is 5.73. The number of nitrogens with zero attached hydrogens (tertiary/aromatic N) is 2.